The van der Waals surface area contributed by atoms with Gasteiger partial charge in [-0.15, -0.1) is 0 Å². The minimum atomic E-state index is -0.931. The number of nitrogens with zero attached hydrogens (tertiary/aromatic N) is 3. The number of hydrogen-bond donors (Lipinski definition) is 1. The fraction of sp³-hybridized carbons (Fsp3) is 0.105. The lowest BCUT2D eigenvalue weighted by atomic mass is 10.1. The molecule has 3 heterocycles. The smallest absolute Gasteiger partial charge is 0.290 e. The second-order valence-corrected chi connectivity index (χ2v) is 6.11. The van der Waals surface area contributed by atoms with Crippen LogP contribution in [0.15, 0.2) is 53.7 Å². The number of nitrogens with one attached hydrogen (secondary N) is 1. The van der Waals surface area contributed by atoms with E-state index >= 15 is 0 Å². The molecule has 0 fully saturated rings. The van der Waals surface area contributed by atoms with Crippen molar-refractivity contribution in [2.45, 2.75) is 13.5 Å². The van der Waals surface area contributed by atoms with Crippen LogP contribution in [-0.2, 0) is 6.54 Å². The molecular weight excluding hydrogens is 338 g/mol. The zero-order valence-corrected chi connectivity index (χ0v) is 13.8. The molecule has 1 aromatic carbocycles. The summed E-state index contributed by atoms with van der Waals surface area (Å²) >= 11 is 0. The topological polar surface area (TPSA) is 63.6 Å². The van der Waals surface area contributed by atoms with E-state index in [2.05, 4.69) is 15.0 Å². The third kappa shape index (κ3) is 2.88. The molecule has 0 amide bonds. The number of imidazole rings is 1. The van der Waals surface area contributed by atoms with Crippen molar-refractivity contribution in [2.75, 3.05) is 0 Å². The number of benzene rings is 1. The molecule has 0 aliphatic heterocycles. The van der Waals surface area contributed by atoms with Crippen LogP contribution in [0.5, 0.6) is 0 Å². The Bertz CT molecular complexity index is 1180. The van der Waals surface area contributed by atoms with Crippen molar-refractivity contribution in [1.82, 2.24) is 19.5 Å². The van der Waals surface area contributed by atoms with Gasteiger partial charge >= 0.3 is 5.69 Å². The highest BCUT2D eigenvalue weighted by Crippen LogP contribution is 2.23. The Balaban J connectivity index is 1.82. The SMILES string of the molecule is Cc1cncc(Cn2c(=O)[nH]c3ncc(-c4ccc(F)c(F)c4)cc32)c1. The molecule has 0 aliphatic rings. The van der Waals surface area contributed by atoms with Gasteiger partial charge in [0.1, 0.15) is 0 Å². The summed E-state index contributed by atoms with van der Waals surface area (Å²) in [5, 5.41) is 0. The number of rotatable bonds is 3. The van der Waals surface area contributed by atoms with Gasteiger partial charge in [0.05, 0.1) is 12.1 Å². The standard InChI is InChI=1S/C19H14F2N4O/c1-11-4-12(8-22-7-11)10-25-17-6-14(9-23-18(17)24-19(25)26)13-2-3-15(20)16(21)5-13/h2-9H,10H2,1H3,(H,23,24,26). The third-order valence-corrected chi connectivity index (χ3v) is 4.15. The average Bonchev–Trinajstić information content (AvgIpc) is 2.92. The maximum atomic E-state index is 13.5. The van der Waals surface area contributed by atoms with Gasteiger partial charge in [0.25, 0.3) is 0 Å². The Morgan fingerprint density at radius 3 is 2.65 bits per heavy atom. The zero-order valence-electron chi connectivity index (χ0n) is 13.8. The highest BCUT2D eigenvalue weighted by atomic mass is 19.2. The molecule has 130 valence electrons. The van der Waals surface area contributed by atoms with Crippen molar-refractivity contribution >= 4 is 11.2 Å². The van der Waals surface area contributed by atoms with Crippen molar-refractivity contribution in [3.8, 4) is 11.1 Å². The largest absolute Gasteiger partial charge is 0.327 e. The summed E-state index contributed by atoms with van der Waals surface area (Å²) in [4.78, 5) is 23.4. The summed E-state index contributed by atoms with van der Waals surface area (Å²) < 4.78 is 28.2. The first-order chi connectivity index (χ1) is 12.5. The van der Waals surface area contributed by atoms with Crippen LogP contribution in [0.3, 0.4) is 0 Å². The number of aryl methyl sites for hydroxylation is 1. The van der Waals surface area contributed by atoms with E-state index < -0.39 is 11.6 Å². The van der Waals surface area contributed by atoms with Crippen molar-refractivity contribution in [2.24, 2.45) is 0 Å². The lowest BCUT2D eigenvalue weighted by molar-refractivity contribution is 0.509. The Hall–Kier alpha value is -3.35. The molecule has 26 heavy (non-hydrogen) atoms. The van der Waals surface area contributed by atoms with Gasteiger partial charge in [-0.05, 0) is 41.8 Å². The van der Waals surface area contributed by atoms with Crippen LogP contribution in [0.1, 0.15) is 11.1 Å². The van der Waals surface area contributed by atoms with Crippen LogP contribution < -0.4 is 5.69 Å². The Kier molecular flexibility index (Phi) is 3.84. The summed E-state index contributed by atoms with van der Waals surface area (Å²) in [7, 11) is 0. The molecule has 5 nitrogen and oxygen atoms in total. The van der Waals surface area contributed by atoms with Crippen LogP contribution in [0.2, 0.25) is 0 Å². The normalized spacial score (nSPS) is 11.2. The minimum Gasteiger partial charge on any atom is -0.290 e. The Morgan fingerprint density at radius 2 is 1.88 bits per heavy atom. The van der Waals surface area contributed by atoms with Gasteiger partial charge in [-0.25, -0.2) is 18.6 Å². The molecule has 0 spiro atoms. The molecule has 3 aromatic heterocycles. The summed E-state index contributed by atoms with van der Waals surface area (Å²) in [6.45, 7) is 2.26. The minimum absolute atomic E-state index is 0.295. The monoisotopic (exact) mass is 352 g/mol. The van der Waals surface area contributed by atoms with E-state index in [0.29, 0.717) is 28.8 Å². The molecule has 7 heteroatoms. The molecule has 0 aliphatic carbocycles. The van der Waals surface area contributed by atoms with Gasteiger partial charge in [0.2, 0.25) is 0 Å². The van der Waals surface area contributed by atoms with Crippen LogP contribution >= 0.6 is 0 Å². The molecule has 4 rings (SSSR count). The van der Waals surface area contributed by atoms with Crippen molar-refractivity contribution in [3.63, 3.8) is 0 Å². The number of pyridine rings is 2. The van der Waals surface area contributed by atoms with Gasteiger partial charge < -0.3 is 0 Å². The van der Waals surface area contributed by atoms with Gasteiger partial charge in [-0.3, -0.25) is 14.5 Å². The van der Waals surface area contributed by atoms with Crippen LogP contribution in [0.4, 0.5) is 8.78 Å². The van der Waals surface area contributed by atoms with E-state index in [1.54, 1.807) is 23.0 Å². The van der Waals surface area contributed by atoms with Crippen LogP contribution in [0, 0.1) is 18.6 Å². The van der Waals surface area contributed by atoms with Gasteiger partial charge in [0, 0.05) is 24.2 Å². The molecule has 0 saturated heterocycles. The second-order valence-electron chi connectivity index (χ2n) is 6.11. The number of H-pyrrole nitrogens is 1. The predicted molar refractivity (Wildman–Crippen MR) is 93.8 cm³/mol. The van der Waals surface area contributed by atoms with Crippen LogP contribution in [0.25, 0.3) is 22.3 Å². The maximum absolute atomic E-state index is 13.5. The number of hydrogen-bond acceptors (Lipinski definition) is 3. The van der Waals surface area contributed by atoms with E-state index in [1.807, 2.05) is 13.0 Å². The highest BCUT2D eigenvalue weighted by molar-refractivity contribution is 5.78. The van der Waals surface area contributed by atoms with Gasteiger partial charge in [0.15, 0.2) is 17.3 Å². The van der Waals surface area contributed by atoms with Crippen LogP contribution in [-0.4, -0.2) is 19.5 Å². The molecule has 0 bridgehead atoms. The van der Waals surface area contributed by atoms with E-state index in [-0.39, 0.29) is 5.69 Å². The molecular formula is C19H14F2N4O. The van der Waals surface area contributed by atoms with Crippen molar-refractivity contribution < 1.29 is 8.78 Å². The lowest BCUT2D eigenvalue weighted by Crippen LogP contribution is -2.17. The fourth-order valence-corrected chi connectivity index (χ4v) is 2.91. The van der Waals surface area contributed by atoms with Crippen molar-refractivity contribution in [1.29, 1.82) is 0 Å². The molecule has 4 aromatic rings. The third-order valence-electron chi connectivity index (χ3n) is 4.15. The quantitative estimate of drug-likeness (QED) is 0.614. The molecule has 0 atom stereocenters. The summed E-state index contributed by atoms with van der Waals surface area (Å²) in [6, 6.07) is 7.33. The summed E-state index contributed by atoms with van der Waals surface area (Å²) in [5.74, 6) is -1.84. The highest BCUT2D eigenvalue weighted by Gasteiger charge is 2.12. The number of aromatic nitrogens is 4. The molecule has 0 unspecified atom stereocenters. The molecule has 0 saturated carbocycles. The molecule has 0 radical (unpaired) electrons. The lowest BCUT2D eigenvalue weighted by Gasteiger charge is -2.06. The average molecular weight is 352 g/mol. The first-order valence-corrected chi connectivity index (χ1v) is 7.96. The molecule has 1 N–H and O–H groups in total. The Labute approximate surface area is 147 Å². The van der Waals surface area contributed by atoms with Crippen molar-refractivity contribution in [3.05, 3.63) is 82.2 Å². The number of fused-ring (bicyclic) bond motifs is 1. The zero-order chi connectivity index (χ0) is 18.3. The summed E-state index contributed by atoms with van der Waals surface area (Å²) in [5.41, 5.74) is 3.67. The van der Waals surface area contributed by atoms with E-state index in [4.69, 9.17) is 0 Å². The predicted octanol–water partition coefficient (Wildman–Crippen LogP) is 3.42. The Morgan fingerprint density at radius 1 is 1.04 bits per heavy atom. The van der Waals surface area contributed by atoms with Gasteiger partial charge in [-0.2, -0.15) is 0 Å². The van der Waals surface area contributed by atoms with Gasteiger partial charge in [-0.1, -0.05) is 12.1 Å². The fourth-order valence-electron chi connectivity index (χ4n) is 2.91. The number of halogens is 2. The van der Waals surface area contributed by atoms with E-state index in [9.17, 15) is 13.6 Å². The van der Waals surface area contributed by atoms with E-state index in [0.717, 1.165) is 23.3 Å². The first kappa shape index (κ1) is 16.1. The van der Waals surface area contributed by atoms with E-state index in [1.165, 1.54) is 12.3 Å². The maximum Gasteiger partial charge on any atom is 0.327 e. The first-order valence-electron chi connectivity index (χ1n) is 7.96. The summed E-state index contributed by atoms with van der Waals surface area (Å²) in [6.07, 6.45) is 4.96. The number of aromatic amines is 1. The second kappa shape index (κ2) is 6.18.